The van der Waals surface area contributed by atoms with Gasteiger partial charge in [-0.05, 0) is 30.2 Å². The summed E-state index contributed by atoms with van der Waals surface area (Å²) in [6.07, 6.45) is 2.69. The number of nitrogens with one attached hydrogen (secondary N) is 3. The summed E-state index contributed by atoms with van der Waals surface area (Å²) < 4.78 is 39.5. The van der Waals surface area contributed by atoms with Crippen LogP contribution in [0.1, 0.15) is 12.0 Å². The van der Waals surface area contributed by atoms with Crippen molar-refractivity contribution in [2.45, 2.75) is 12.8 Å². The molecule has 0 aliphatic heterocycles. The van der Waals surface area contributed by atoms with Crippen molar-refractivity contribution < 1.29 is 18.0 Å². The number of H-pyrrole nitrogens is 1. The van der Waals surface area contributed by atoms with Crippen molar-refractivity contribution >= 4 is 22.5 Å². The highest BCUT2D eigenvalue weighted by Crippen LogP contribution is 2.19. The standard InChI is InChI=1S/C19H18F3N3O/c20-14-5-6-16(19(22)18(14)21)23-10-8-17(26)24-9-7-12-11-25-15-4-2-1-3-13(12)15/h1-6,11,23,25H,7-10H2,(H,24,26). The SMILES string of the molecule is O=C(CCNc1ccc(F)c(F)c1F)NCCc1c[nH]c2ccccc12. The number of fused-ring (bicyclic) bond motifs is 1. The number of carbonyl (C=O) groups excluding carboxylic acids is 1. The first kappa shape index (κ1) is 17.8. The summed E-state index contributed by atoms with van der Waals surface area (Å²) in [5, 5.41) is 6.50. The fourth-order valence-electron chi connectivity index (χ4n) is 2.74. The van der Waals surface area contributed by atoms with Crippen molar-refractivity contribution in [2.24, 2.45) is 0 Å². The van der Waals surface area contributed by atoms with E-state index >= 15 is 0 Å². The van der Waals surface area contributed by atoms with Crippen LogP contribution in [0.15, 0.2) is 42.6 Å². The minimum absolute atomic E-state index is 0.0896. The molecule has 26 heavy (non-hydrogen) atoms. The molecule has 136 valence electrons. The maximum absolute atomic E-state index is 13.5. The summed E-state index contributed by atoms with van der Waals surface area (Å²) in [6.45, 7) is 0.584. The molecule has 3 rings (SSSR count). The Hall–Kier alpha value is -2.96. The van der Waals surface area contributed by atoms with Crippen LogP contribution in [-0.2, 0) is 11.2 Å². The number of benzene rings is 2. The second-order valence-electron chi connectivity index (χ2n) is 5.86. The van der Waals surface area contributed by atoms with Gasteiger partial charge in [0, 0.05) is 36.6 Å². The average Bonchev–Trinajstić information content (AvgIpc) is 3.05. The molecule has 1 aromatic heterocycles. The van der Waals surface area contributed by atoms with Crippen LogP contribution in [-0.4, -0.2) is 24.0 Å². The summed E-state index contributed by atoms with van der Waals surface area (Å²) in [5.74, 6) is -4.27. The van der Waals surface area contributed by atoms with Crippen LogP contribution in [0.5, 0.6) is 0 Å². The lowest BCUT2D eigenvalue weighted by atomic mass is 10.1. The number of aromatic nitrogens is 1. The van der Waals surface area contributed by atoms with Crippen molar-refractivity contribution in [2.75, 3.05) is 18.4 Å². The monoisotopic (exact) mass is 361 g/mol. The fourth-order valence-corrected chi connectivity index (χ4v) is 2.74. The number of rotatable bonds is 7. The molecule has 4 nitrogen and oxygen atoms in total. The molecule has 3 aromatic rings. The maximum atomic E-state index is 13.5. The third kappa shape index (κ3) is 3.99. The molecule has 7 heteroatoms. The van der Waals surface area contributed by atoms with E-state index in [0.29, 0.717) is 13.0 Å². The highest BCUT2D eigenvalue weighted by molar-refractivity contribution is 5.83. The summed E-state index contributed by atoms with van der Waals surface area (Å²) in [6, 6.07) is 9.85. The Morgan fingerprint density at radius 1 is 1.00 bits per heavy atom. The van der Waals surface area contributed by atoms with Gasteiger partial charge in [-0.15, -0.1) is 0 Å². The summed E-state index contributed by atoms with van der Waals surface area (Å²) in [4.78, 5) is 15.0. The molecule has 0 unspecified atom stereocenters. The number of carbonyl (C=O) groups is 1. The number of amides is 1. The van der Waals surface area contributed by atoms with Gasteiger partial charge < -0.3 is 15.6 Å². The van der Waals surface area contributed by atoms with Crippen molar-refractivity contribution in [1.82, 2.24) is 10.3 Å². The van der Waals surface area contributed by atoms with E-state index in [-0.39, 0.29) is 24.6 Å². The van der Waals surface area contributed by atoms with E-state index in [0.717, 1.165) is 28.6 Å². The first-order chi connectivity index (χ1) is 12.6. The van der Waals surface area contributed by atoms with Crippen molar-refractivity contribution in [3.63, 3.8) is 0 Å². The lowest BCUT2D eigenvalue weighted by molar-refractivity contribution is -0.120. The molecule has 3 N–H and O–H groups in total. The number of hydrogen-bond donors (Lipinski definition) is 3. The molecule has 0 aliphatic rings. The molecule has 0 saturated carbocycles. The third-order valence-corrected chi connectivity index (χ3v) is 4.09. The Morgan fingerprint density at radius 3 is 2.65 bits per heavy atom. The predicted molar refractivity (Wildman–Crippen MR) is 94.4 cm³/mol. The second-order valence-corrected chi connectivity index (χ2v) is 5.86. The molecule has 0 bridgehead atoms. The third-order valence-electron chi connectivity index (χ3n) is 4.09. The zero-order valence-corrected chi connectivity index (χ0v) is 13.9. The van der Waals surface area contributed by atoms with Crippen molar-refractivity contribution in [1.29, 1.82) is 0 Å². The molecule has 0 atom stereocenters. The quantitative estimate of drug-likeness (QED) is 0.562. The van der Waals surface area contributed by atoms with E-state index in [4.69, 9.17) is 0 Å². The summed E-state index contributed by atoms with van der Waals surface area (Å²) in [5.41, 5.74) is 1.99. The van der Waals surface area contributed by atoms with Crippen LogP contribution in [0.3, 0.4) is 0 Å². The Morgan fingerprint density at radius 2 is 1.81 bits per heavy atom. The first-order valence-corrected chi connectivity index (χ1v) is 8.25. The van der Waals surface area contributed by atoms with Gasteiger partial charge >= 0.3 is 0 Å². The first-order valence-electron chi connectivity index (χ1n) is 8.25. The Bertz CT molecular complexity index is 924. The molecule has 0 aliphatic carbocycles. The Balaban J connectivity index is 1.43. The molecule has 0 spiro atoms. The summed E-state index contributed by atoms with van der Waals surface area (Å²) >= 11 is 0. The van der Waals surface area contributed by atoms with Crippen LogP contribution in [0, 0.1) is 17.5 Å². The van der Waals surface area contributed by atoms with Gasteiger partial charge in [0.05, 0.1) is 5.69 Å². The van der Waals surface area contributed by atoms with Gasteiger partial charge in [-0.2, -0.15) is 0 Å². The zero-order valence-electron chi connectivity index (χ0n) is 13.9. The fraction of sp³-hybridized carbons (Fsp3) is 0.211. The molecule has 0 saturated heterocycles. The lowest BCUT2D eigenvalue weighted by Gasteiger charge is -2.09. The van der Waals surface area contributed by atoms with Gasteiger partial charge in [-0.1, -0.05) is 18.2 Å². The van der Waals surface area contributed by atoms with Gasteiger partial charge in [0.25, 0.3) is 0 Å². The number of para-hydroxylation sites is 1. The summed E-state index contributed by atoms with van der Waals surface area (Å²) in [7, 11) is 0. The number of anilines is 1. The van der Waals surface area contributed by atoms with Crippen LogP contribution in [0.25, 0.3) is 10.9 Å². The highest BCUT2D eigenvalue weighted by Gasteiger charge is 2.13. The van der Waals surface area contributed by atoms with Crippen LogP contribution >= 0.6 is 0 Å². The minimum Gasteiger partial charge on any atom is -0.382 e. The highest BCUT2D eigenvalue weighted by atomic mass is 19.2. The number of hydrogen-bond acceptors (Lipinski definition) is 2. The normalized spacial score (nSPS) is 10.9. The Kier molecular flexibility index (Phi) is 5.46. The van der Waals surface area contributed by atoms with Crippen molar-refractivity contribution in [3.8, 4) is 0 Å². The van der Waals surface area contributed by atoms with E-state index in [1.54, 1.807) is 0 Å². The molecular formula is C19H18F3N3O. The van der Waals surface area contributed by atoms with Gasteiger partial charge in [0.15, 0.2) is 17.5 Å². The van der Waals surface area contributed by atoms with E-state index in [1.807, 2.05) is 30.5 Å². The van der Waals surface area contributed by atoms with Crippen LogP contribution in [0.2, 0.25) is 0 Å². The molecule has 0 fully saturated rings. The second kappa shape index (κ2) is 7.95. The van der Waals surface area contributed by atoms with E-state index < -0.39 is 17.5 Å². The van der Waals surface area contributed by atoms with E-state index in [9.17, 15) is 18.0 Å². The smallest absolute Gasteiger partial charge is 0.221 e. The maximum Gasteiger partial charge on any atom is 0.221 e. The van der Waals surface area contributed by atoms with E-state index in [1.165, 1.54) is 0 Å². The molecular weight excluding hydrogens is 343 g/mol. The van der Waals surface area contributed by atoms with Gasteiger partial charge in [0.2, 0.25) is 5.91 Å². The number of aromatic amines is 1. The average molecular weight is 361 g/mol. The Labute approximate surface area is 148 Å². The zero-order chi connectivity index (χ0) is 18.5. The molecule has 1 amide bonds. The topological polar surface area (TPSA) is 56.9 Å². The molecule has 0 radical (unpaired) electrons. The van der Waals surface area contributed by atoms with Crippen LogP contribution in [0.4, 0.5) is 18.9 Å². The van der Waals surface area contributed by atoms with E-state index in [2.05, 4.69) is 15.6 Å². The van der Waals surface area contributed by atoms with Crippen LogP contribution < -0.4 is 10.6 Å². The predicted octanol–water partition coefficient (Wildman–Crippen LogP) is 3.75. The van der Waals surface area contributed by atoms with Gasteiger partial charge in [-0.3, -0.25) is 4.79 Å². The number of halogens is 3. The van der Waals surface area contributed by atoms with Gasteiger partial charge in [-0.25, -0.2) is 13.2 Å². The molecule has 1 heterocycles. The minimum atomic E-state index is -1.53. The molecule has 2 aromatic carbocycles. The van der Waals surface area contributed by atoms with Crippen molar-refractivity contribution in [3.05, 3.63) is 65.6 Å². The largest absolute Gasteiger partial charge is 0.382 e. The lowest BCUT2D eigenvalue weighted by Crippen LogP contribution is -2.27. The van der Waals surface area contributed by atoms with Gasteiger partial charge in [0.1, 0.15) is 0 Å².